The summed E-state index contributed by atoms with van der Waals surface area (Å²) < 4.78 is 0. The van der Waals surface area contributed by atoms with Gasteiger partial charge in [0, 0.05) is 16.1 Å². The Bertz CT molecular complexity index is 713. The van der Waals surface area contributed by atoms with Crippen LogP contribution in [0.5, 0.6) is 0 Å². The van der Waals surface area contributed by atoms with E-state index in [1.807, 2.05) is 30.3 Å². The number of benzene rings is 2. The average molecular weight is 301 g/mol. The molecule has 2 aromatic carbocycles. The SMILES string of the molecule is O=C1CN=C(c2ccccc2)c2cc(Cl)ccc2N1CO. The van der Waals surface area contributed by atoms with Crippen LogP contribution in [0.2, 0.25) is 5.02 Å². The number of rotatable bonds is 2. The second kappa shape index (κ2) is 5.68. The minimum atomic E-state index is -0.384. The maximum Gasteiger partial charge on any atom is 0.250 e. The summed E-state index contributed by atoms with van der Waals surface area (Å²) in [6, 6.07) is 14.8. The fourth-order valence-electron chi connectivity index (χ4n) is 2.38. The Kier molecular flexibility index (Phi) is 3.73. The summed E-state index contributed by atoms with van der Waals surface area (Å²) in [4.78, 5) is 17.8. The number of anilines is 1. The summed E-state index contributed by atoms with van der Waals surface area (Å²) in [5.74, 6) is -0.244. The summed E-state index contributed by atoms with van der Waals surface area (Å²) in [7, 11) is 0. The number of aliphatic imine (C=N–C) groups is 1. The van der Waals surface area contributed by atoms with E-state index in [2.05, 4.69) is 4.99 Å². The normalized spacial score (nSPS) is 14.5. The van der Waals surface area contributed by atoms with E-state index in [1.54, 1.807) is 18.2 Å². The zero-order chi connectivity index (χ0) is 14.8. The molecule has 1 amide bonds. The van der Waals surface area contributed by atoms with Crippen LogP contribution in [-0.2, 0) is 4.79 Å². The van der Waals surface area contributed by atoms with E-state index in [0.29, 0.717) is 16.4 Å². The first kappa shape index (κ1) is 13.8. The molecule has 0 atom stereocenters. The van der Waals surface area contributed by atoms with E-state index in [-0.39, 0.29) is 19.2 Å². The Morgan fingerprint density at radius 2 is 1.95 bits per heavy atom. The first-order valence-electron chi connectivity index (χ1n) is 6.51. The smallest absolute Gasteiger partial charge is 0.250 e. The van der Waals surface area contributed by atoms with Gasteiger partial charge in [0.05, 0.1) is 11.4 Å². The second-order valence-corrected chi connectivity index (χ2v) is 5.09. The van der Waals surface area contributed by atoms with E-state index in [1.165, 1.54) is 4.90 Å². The topological polar surface area (TPSA) is 52.9 Å². The van der Waals surface area contributed by atoms with Crippen LogP contribution < -0.4 is 4.90 Å². The Balaban J connectivity index is 2.22. The molecule has 2 aromatic rings. The van der Waals surface area contributed by atoms with Gasteiger partial charge in [-0.1, -0.05) is 41.9 Å². The van der Waals surface area contributed by atoms with Gasteiger partial charge in [0.25, 0.3) is 5.91 Å². The monoisotopic (exact) mass is 300 g/mol. The summed E-state index contributed by atoms with van der Waals surface area (Å²) in [6.07, 6.45) is 0. The predicted octanol–water partition coefficient (Wildman–Crippen LogP) is 2.47. The Hall–Kier alpha value is -2.17. The molecule has 0 aromatic heterocycles. The summed E-state index contributed by atoms with van der Waals surface area (Å²) in [5, 5.41) is 10.0. The first-order chi connectivity index (χ1) is 10.2. The van der Waals surface area contributed by atoms with Crippen molar-refractivity contribution < 1.29 is 9.90 Å². The van der Waals surface area contributed by atoms with Gasteiger partial charge in [0.2, 0.25) is 0 Å². The standard InChI is InChI=1S/C16H13ClN2O2/c17-12-6-7-14-13(8-12)16(11-4-2-1-3-5-11)18-9-15(21)19(14)10-20/h1-8,20H,9-10H2. The number of benzodiazepines with no additional fused rings is 1. The average Bonchev–Trinajstić information content (AvgIpc) is 2.64. The Morgan fingerprint density at radius 1 is 1.19 bits per heavy atom. The van der Waals surface area contributed by atoms with Gasteiger partial charge in [-0.05, 0) is 18.2 Å². The van der Waals surface area contributed by atoms with Crippen LogP contribution in [0.1, 0.15) is 11.1 Å². The molecule has 0 radical (unpaired) electrons. The highest BCUT2D eigenvalue weighted by molar-refractivity contribution is 6.32. The maximum atomic E-state index is 12.1. The van der Waals surface area contributed by atoms with Crippen molar-refractivity contribution >= 4 is 28.9 Å². The molecule has 1 N–H and O–H groups in total. The number of carbonyl (C=O) groups is 1. The largest absolute Gasteiger partial charge is 0.376 e. The molecule has 21 heavy (non-hydrogen) atoms. The number of halogens is 1. The van der Waals surface area contributed by atoms with Gasteiger partial charge < -0.3 is 5.11 Å². The Labute approximate surface area is 127 Å². The lowest BCUT2D eigenvalue weighted by Crippen LogP contribution is -2.33. The molecule has 5 heteroatoms. The lowest BCUT2D eigenvalue weighted by molar-refractivity contribution is -0.117. The molecule has 106 valence electrons. The molecule has 1 heterocycles. The number of aliphatic hydroxyl groups is 1. The molecule has 0 saturated carbocycles. The molecular formula is C16H13ClN2O2. The molecule has 0 fully saturated rings. The molecule has 0 spiro atoms. The van der Waals surface area contributed by atoms with Gasteiger partial charge in [0.15, 0.2) is 0 Å². The molecule has 4 nitrogen and oxygen atoms in total. The number of aliphatic hydroxyl groups excluding tert-OH is 1. The van der Waals surface area contributed by atoms with E-state index in [4.69, 9.17) is 11.6 Å². The lowest BCUT2D eigenvalue weighted by atomic mass is 10.0. The van der Waals surface area contributed by atoms with Crippen LogP contribution in [0.3, 0.4) is 0 Å². The number of hydrogen-bond acceptors (Lipinski definition) is 3. The van der Waals surface area contributed by atoms with E-state index < -0.39 is 0 Å². The molecule has 3 rings (SSSR count). The van der Waals surface area contributed by atoms with Crippen LogP contribution in [-0.4, -0.2) is 30.0 Å². The third-order valence-corrected chi connectivity index (χ3v) is 3.60. The fraction of sp³-hybridized carbons (Fsp3) is 0.125. The van der Waals surface area contributed by atoms with Gasteiger partial charge in [-0.15, -0.1) is 0 Å². The van der Waals surface area contributed by atoms with Gasteiger partial charge in [0.1, 0.15) is 13.3 Å². The van der Waals surface area contributed by atoms with Gasteiger partial charge in [-0.3, -0.25) is 14.7 Å². The number of fused-ring (bicyclic) bond motifs is 1. The van der Waals surface area contributed by atoms with Crippen molar-refractivity contribution in [1.82, 2.24) is 0 Å². The second-order valence-electron chi connectivity index (χ2n) is 4.66. The zero-order valence-electron chi connectivity index (χ0n) is 11.2. The third kappa shape index (κ3) is 2.55. The van der Waals surface area contributed by atoms with Crippen molar-refractivity contribution in [3.63, 3.8) is 0 Å². The quantitative estimate of drug-likeness (QED) is 0.926. The zero-order valence-corrected chi connectivity index (χ0v) is 11.9. The van der Waals surface area contributed by atoms with Crippen molar-refractivity contribution in [1.29, 1.82) is 0 Å². The van der Waals surface area contributed by atoms with Crippen LogP contribution >= 0.6 is 11.6 Å². The summed E-state index contributed by atoms with van der Waals surface area (Å²) in [6.45, 7) is -0.387. The van der Waals surface area contributed by atoms with Crippen LogP contribution in [0.25, 0.3) is 0 Å². The Morgan fingerprint density at radius 3 is 2.67 bits per heavy atom. The van der Waals surface area contributed by atoms with E-state index in [9.17, 15) is 9.90 Å². The molecule has 0 aliphatic carbocycles. The molecule has 1 aliphatic rings. The molecular weight excluding hydrogens is 288 g/mol. The van der Waals surface area contributed by atoms with Gasteiger partial charge >= 0.3 is 0 Å². The van der Waals surface area contributed by atoms with Crippen LogP contribution in [0.15, 0.2) is 53.5 Å². The number of hydrogen-bond donors (Lipinski definition) is 1. The van der Waals surface area contributed by atoms with Crippen LogP contribution in [0.4, 0.5) is 5.69 Å². The maximum absolute atomic E-state index is 12.1. The number of nitrogens with zero attached hydrogens (tertiary/aromatic N) is 2. The molecule has 0 bridgehead atoms. The van der Waals surface area contributed by atoms with Crippen molar-refractivity contribution in [2.24, 2.45) is 4.99 Å². The first-order valence-corrected chi connectivity index (χ1v) is 6.89. The van der Waals surface area contributed by atoms with Gasteiger partial charge in [-0.2, -0.15) is 0 Å². The molecule has 1 aliphatic heterocycles. The molecule has 0 saturated heterocycles. The van der Waals surface area contributed by atoms with Crippen molar-refractivity contribution in [2.75, 3.05) is 18.2 Å². The lowest BCUT2D eigenvalue weighted by Gasteiger charge is -2.20. The fourth-order valence-corrected chi connectivity index (χ4v) is 2.55. The third-order valence-electron chi connectivity index (χ3n) is 3.37. The van der Waals surface area contributed by atoms with Gasteiger partial charge in [-0.25, -0.2) is 0 Å². The summed E-state index contributed by atoms with van der Waals surface area (Å²) in [5.41, 5.74) is 2.98. The van der Waals surface area contributed by atoms with Crippen molar-refractivity contribution in [3.8, 4) is 0 Å². The predicted molar refractivity (Wildman–Crippen MR) is 83.0 cm³/mol. The van der Waals surface area contributed by atoms with E-state index in [0.717, 1.165) is 11.1 Å². The van der Waals surface area contributed by atoms with Crippen molar-refractivity contribution in [2.45, 2.75) is 0 Å². The summed E-state index contributed by atoms with van der Waals surface area (Å²) >= 11 is 6.09. The minimum absolute atomic E-state index is 0.00289. The van der Waals surface area contributed by atoms with E-state index >= 15 is 0 Å². The van der Waals surface area contributed by atoms with Crippen LogP contribution in [0, 0.1) is 0 Å². The highest BCUT2D eigenvalue weighted by Crippen LogP contribution is 2.29. The van der Waals surface area contributed by atoms with Crippen molar-refractivity contribution in [3.05, 3.63) is 64.7 Å². The number of amides is 1. The highest BCUT2D eigenvalue weighted by Gasteiger charge is 2.24. The minimum Gasteiger partial charge on any atom is -0.376 e. The number of carbonyl (C=O) groups excluding carboxylic acids is 1. The molecule has 0 unspecified atom stereocenters. The highest BCUT2D eigenvalue weighted by atomic mass is 35.5.